The summed E-state index contributed by atoms with van der Waals surface area (Å²) in [5.41, 5.74) is 0.250. The number of nitrogens with one attached hydrogen (secondary N) is 1. The maximum absolute atomic E-state index is 11.7. The number of aromatic nitrogens is 4. The third-order valence-corrected chi connectivity index (χ3v) is 2.90. The molecule has 1 aromatic heterocycles. The largest absolute Gasteiger partial charge is 0.508 e. The minimum atomic E-state index is -0.797. The van der Waals surface area contributed by atoms with Crippen molar-refractivity contribution in [3.8, 4) is 17.1 Å². The molecule has 0 aliphatic rings. The van der Waals surface area contributed by atoms with Gasteiger partial charge in [-0.05, 0) is 50.3 Å². The average molecular weight is 335 g/mol. The number of nitrogens with zero attached hydrogens (tertiary/aromatic N) is 4. The molecule has 24 heavy (non-hydrogen) atoms. The summed E-state index contributed by atoms with van der Waals surface area (Å²) >= 11 is 0. The predicted molar refractivity (Wildman–Crippen MR) is 85.2 cm³/mol. The number of carbonyl (C=O) groups excluding carboxylic acids is 1. The maximum Gasteiger partial charge on any atom is 0.407 e. The monoisotopic (exact) mass is 335 g/mol. The second-order valence-corrected chi connectivity index (χ2v) is 6.30. The van der Waals surface area contributed by atoms with Gasteiger partial charge < -0.3 is 20.3 Å². The van der Waals surface area contributed by atoms with E-state index in [0.29, 0.717) is 11.4 Å². The van der Waals surface area contributed by atoms with Gasteiger partial charge >= 0.3 is 6.09 Å². The van der Waals surface area contributed by atoms with Gasteiger partial charge in [0.2, 0.25) is 5.82 Å². The molecule has 1 aromatic carbocycles. The highest BCUT2D eigenvalue weighted by Gasteiger charge is 2.20. The molecule has 3 N–H and O–H groups in total. The maximum atomic E-state index is 11.7. The molecule has 0 aliphatic carbocycles. The van der Waals surface area contributed by atoms with E-state index in [-0.39, 0.29) is 18.9 Å². The van der Waals surface area contributed by atoms with E-state index in [9.17, 15) is 15.0 Å². The Labute approximate surface area is 139 Å². The fourth-order valence-corrected chi connectivity index (χ4v) is 1.85. The van der Waals surface area contributed by atoms with Crippen molar-refractivity contribution < 1.29 is 19.7 Å². The number of aliphatic hydroxyl groups is 1. The van der Waals surface area contributed by atoms with Gasteiger partial charge in [-0.25, -0.2) is 4.79 Å². The number of amides is 1. The Morgan fingerprint density at radius 1 is 1.33 bits per heavy atom. The van der Waals surface area contributed by atoms with Crippen molar-refractivity contribution in [1.29, 1.82) is 0 Å². The molecule has 1 heterocycles. The zero-order valence-electron chi connectivity index (χ0n) is 13.8. The van der Waals surface area contributed by atoms with Crippen molar-refractivity contribution in [3.05, 3.63) is 24.3 Å². The van der Waals surface area contributed by atoms with E-state index >= 15 is 0 Å². The second-order valence-electron chi connectivity index (χ2n) is 6.30. The molecule has 0 saturated heterocycles. The number of rotatable bonds is 5. The highest BCUT2D eigenvalue weighted by atomic mass is 16.6. The van der Waals surface area contributed by atoms with Crippen LogP contribution in [0.2, 0.25) is 0 Å². The Morgan fingerprint density at radius 3 is 2.58 bits per heavy atom. The SMILES string of the molecule is CC(C)(C)NC(=O)O[C@H](CO)Cn1nnc(-c2ccc(O)cc2)n1. The molecule has 2 aromatic rings. The zero-order chi connectivity index (χ0) is 17.7. The van der Waals surface area contributed by atoms with Crippen LogP contribution in [-0.2, 0) is 11.3 Å². The lowest BCUT2D eigenvalue weighted by Gasteiger charge is -2.22. The fourth-order valence-electron chi connectivity index (χ4n) is 1.85. The van der Waals surface area contributed by atoms with Crippen LogP contribution in [0.5, 0.6) is 5.75 Å². The molecular weight excluding hydrogens is 314 g/mol. The lowest BCUT2D eigenvalue weighted by Crippen LogP contribution is -2.43. The number of carbonyl (C=O) groups is 1. The van der Waals surface area contributed by atoms with Crippen LogP contribution in [0.3, 0.4) is 0 Å². The molecule has 0 bridgehead atoms. The molecule has 130 valence electrons. The average Bonchev–Trinajstić information content (AvgIpc) is 2.94. The lowest BCUT2D eigenvalue weighted by molar-refractivity contribution is 0.0395. The summed E-state index contributed by atoms with van der Waals surface area (Å²) in [6.45, 7) is 5.17. The number of phenols is 1. The number of phenolic OH excluding ortho intramolecular Hbond substituents is 1. The number of alkyl carbamates (subject to hydrolysis) is 1. The summed E-state index contributed by atoms with van der Waals surface area (Å²) in [7, 11) is 0. The summed E-state index contributed by atoms with van der Waals surface area (Å²) in [5, 5.41) is 33.2. The van der Waals surface area contributed by atoms with Crippen molar-refractivity contribution in [3.63, 3.8) is 0 Å². The van der Waals surface area contributed by atoms with E-state index in [1.165, 1.54) is 16.9 Å². The van der Waals surface area contributed by atoms with Gasteiger partial charge in [-0.15, -0.1) is 10.2 Å². The van der Waals surface area contributed by atoms with Gasteiger partial charge in [0.05, 0.1) is 6.61 Å². The van der Waals surface area contributed by atoms with E-state index in [1.54, 1.807) is 12.1 Å². The first kappa shape index (κ1) is 17.7. The summed E-state index contributed by atoms with van der Waals surface area (Å²) < 4.78 is 5.15. The van der Waals surface area contributed by atoms with Crippen LogP contribution in [0.15, 0.2) is 24.3 Å². The molecular formula is C15H21N5O4. The molecule has 0 fully saturated rings. The smallest absolute Gasteiger partial charge is 0.407 e. The molecule has 0 aliphatic heterocycles. The van der Waals surface area contributed by atoms with Crippen LogP contribution in [-0.4, -0.2) is 54.8 Å². The van der Waals surface area contributed by atoms with Crippen LogP contribution < -0.4 is 5.32 Å². The number of benzene rings is 1. The standard InChI is InChI=1S/C15H21N5O4/c1-15(2,3)16-14(23)24-12(9-21)8-20-18-13(17-19-20)10-4-6-11(22)7-5-10/h4-7,12,21-22H,8-9H2,1-3H3,(H,16,23)/t12-/m0/s1. The van der Waals surface area contributed by atoms with Crippen molar-refractivity contribution in [2.24, 2.45) is 0 Å². The zero-order valence-corrected chi connectivity index (χ0v) is 13.8. The van der Waals surface area contributed by atoms with Gasteiger partial charge in [-0.3, -0.25) is 0 Å². The molecule has 9 nitrogen and oxygen atoms in total. The third-order valence-electron chi connectivity index (χ3n) is 2.90. The van der Waals surface area contributed by atoms with E-state index in [1.807, 2.05) is 20.8 Å². The minimum Gasteiger partial charge on any atom is -0.508 e. The van der Waals surface area contributed by atoms with Crippen molar-refractivity contribution in [2.75, 3.05) is 6.61 Å². The van der Waals surface area contributed by atoms with Crippen LogP contribution in [0.1, 0.15) is 20.8 Å². The van der Waals surface area contributed by atoms with Gasteiger partial charge in [0.25, 0.3) is 0 Å². The summed E-state index contributed by atoms with van der Waals surface area (Å²) in [4.78, 5) is 13.0. The van der Waals surface area contributed by atoms with Crippen molar-refractivity contribution >= 4 is 6.09 Å². The van der Waals surface area contributed by atoms with E-state index in [0.717, 1.165) is 0 Å². The summed E-state index contributed by atoms with van der Waals surface area (Å²) in [6.07, 6.45) is -1.42. The Bertz CT molecular complexity index is 678. The first-order valence-electron chi connectivity index (χ1n) is 7.44. The molecule has 1 amide bonds. The molecule has 0 spiro atoms. The lowest BCUT2D eigenvalue weighted by atomic mass is 10.1. The van der Waals surface area contributed by atoms with E-state index < -0.39 is 17.7 Å². The second kappa shape index (κ2) is 7.26. The van der Waals surface area contributed by atoms with Gasteiger partial charge in [0, 0.05) is 11.1 Å². The van der Waals surface area contributed by atoms with Crippen molar-refractivity contribution in [1.82, 2.24) is 25.5 Å². The highest BCUT2D eigenvalue weighted by molar-refractivity contribution is 5.68. The first-order valence-corrected chi connectivity index (χ1v) is 7.44. The predicted octanol–water partition coefficient (Wildman–Crippen LogP) is 0.931. The Kier molecular flexibility index (Phi) is 5.35. The normalized spacial score (nSPS) is 12.7. The van der Waals surface area contributed by atoms with Crippen LogP contribution in [0.4, 0.5) is 4.79 Å². The molecule has 1 atom stereocenters. The molecule has 0 unspecified atom stereocenters. The fraction of sp³-hybridized carbons (Fsp3) is 0.467. The Morgan fingerprint density at radius 2 is 2.00 bits per heavy atom. The topological polar surface area (TPSA) is 122 Å². The highest BCUT2D eigenvalue weighted by Crippen LogP contribution is 2.17. The quantitative estimate of drug-likeness (QED) is 0.743. The first-order chi connectivity index (χ1) is 11.3. The van der Waals surface area contributed by atoms with Crippen LogP contribution in [0, 0.1) is 0 Å². The Hall–Kier alpha value is -2.68. The minimum absolute atomic E-state index is 0.0686. The number of ether oxygens (including phenoxy) is 1. The van der Waals surface area contributed by atoms with E-state index in [4.69, 9.17) is 4.74 Å². The van der Waals surface area contributed by atoms with Crippen LogP contribution >= 0.6 is 0 Å². The number of hydrogen-bond donors (Lipinski definition) is 3. The summed E-state index contributed by atoms with van der Waals surface area (Å²) in [5.74, 6) is 0.510. The molecule has 0 radical (unpaired) electrons. The molecule has 2 rings (SSSR count). The number of aliphatic hydroxyl groups excluding tert-OH is 1. The number of tetrazole rings is 1. The van der Waals surface area contributed by atoms with Crippen LogP contribution in [0.25, 0.3) is 11.4 Å². The molecule has 9 heteroatoms. The molecule has 0 saturated carbocycles. The van der Waals surface area contributed by atoms with Crippen molar-refractivity contribution in [2.45, 2.75) is 39.0 Å². The van der Waals surface area contributed by atoms with E-state index in [2.05, 4.69) is 20.7 Å². The Balaban J connectivity index is 1.99. The van der Waals surface area contributed by atoms with Gasteiger partial charge in [-0.2, -0.15) is 4.80 Å². The number of aromatic hydroxyl groups is 1. The van der Waals surface area contributed by atoms with Gasteiger partial charge in [-0.1, -0.05) is 0 Å². The van der Waals surface area contributed by atoms with Gasteiger partial charge in [0.1, 0.15) is 18.4 Å². The summed E-state index contributed by atoms with van der Waals surface area (Å²) in [6, 6.07) is 6.36. The number of hydrogen-bond acceptors (Lipinski definition) is 7. The van der Waals surface area contributed by atoms with Gasteiger partial charge in [0.15, 0.2) is 0 Å². The third kappa shape index (κ3) is 5.20.